The molecule has 0 unspecified atom stereocenters. The average molecular weight is 369 g/mol. The van der Waals surface area contributed by atoms with E-state index in [0.717, 1.165) is 22.6 Å². The summed E-state index contributed by atoms with van der Waals surface area (Å²) in [6, 6.07) is 11.9. The minimum Gasteiger partial charge on any atom is -0.478 e. The molecule has 0 radical (unpaired) electrons. The second-order valence-electron chi connectivity index (χ2n) is 6.11. The van der Waals surface area contributed by atoms with Gasteiger partial charge in [-0.05, 0) is 49.4 Å². The molecule has 4 aromatic rings. The van der Waals surface area contributed by atoms with Crippen molar-refractivity contribution in [1.82, 2.24) is 19.4 Å². The molecule has 0 aliphatic heterocycles. The number of fused-ring (bicyclic) bond motifs is 1. The quantitative estimate of drug-likeness (QED) is 0.535. The summed E-state index contributed by atoms with van der Waals surface area (Å²) in [5.74, 6) is 2.04. The molecule has 0 amide bonds. The van der Waals surface area contributed by atoms with Gasteiger partial charge < -0.3 is 10.4 Å². The van der Waals surface area contributed by atoms with Gasteiger partial charge in [0.15, 0.2) is 0 Å². The summed E-state index contributed by atoms with van der Waals surface area (Å²) in [5.41, 5.74) is 4.80. The smallest absolute Gasteiger partial charge is 0.335 e. The number of nitrogens with zero attached hydrogens (tertiary/aromatic N) is 4. The van der Waals surface area contributed by atoms with Gasteiger partial charge in [-0.3, -0.25) is 4.40 Å². The molecule has 0 saturated carbocycles. The van der Waals surface area contributed by atoms with E-state index in [1.807, 2.05) is 35.7 Å². The largest absolute Gasteiger partial charge is 0.478 e. The zero-order valence-electron chi connectivity index (χ0n) is 14.9. The van der Waals surface area contributed by atoms with E-state index in [4.69, 9.17) is 11.5 Å². The van der Waals surface area contributed by atoms with Crippen molar-refractivity contribution in [3.8, 4) is 23.7 Å². The number of nitrogens with one attached hydrogen (secondary N) is 1. The topological polar surface area (TPSA) is 92.4 Å². The van der Waals surface area contributed by atoms with E-state index >= 15 is 0 Å². The molecule has 4 rings (SSSR count). The standard InChI is InChI=1S/C21H15N5O2/c1-3-14-9-11-26-18(12-14)23-13(2)19(26)17-8-10-22-21(25-17)24-16-6-4-15(5-7-16)20(27)28/h1,4-12H,2H3,(H,27,28)(H,22,24,25). The van der Waals surface area contributed by atoms with Crippen molar-refractivity contribution in [2.45, 2.75) is 6.92 Å². The summed E-state index contributed by atoms with van der Waals surface area (Å²) in [5, 5.41) is 12.1. The van der Waals surface area contributed by atoms with Crippen LogP contribution in [-0.2, 0) is 0 Å². The van der Waals surface area contributed by atoms with Crippen molar-refractivity contribution in [2.75, 3.05) is 5.32 Å². The first-order valence-corrected chi connectivity index (χ1v) is 8.44. The van der Waals surface area contributed by atoms with Crippen molar-refractivity contribution in [3.63, 3.8) is 0 Å². The summed E-state index contributed by atoms with van der Waals surface area (Å²) in [7, 11) is 0. The van der Waals surface area contributed by atoms with Crippen LogP contribution in [0.1, 0.15) is 21.6 Å². The van der Waals surface area contributed by atoms with E-state index in [2.05, 4.69) is 26.2 Å². The van der Waals surface area contributed by atoms with Crippen LogP contribution in [0.5, 0.6) is 0 Å². The second kappa shape index (κ2) is 6.85. The number of rotatable bonds is 4. The number of carboxylic acid groups (broad SMARTS) is 1. The third kappa shape index (κ3) is 3.15. The second-order valence-corrected chi connectivity index (χ2v) is 6.11. The summed E-state index contributed by atoms with van der Waals surface area (Å²) in [6.07, 6.45) is 9.00. The summed E-state index contributed by atoms with van der Waals surface area (Å²) in [6.45, 7) is 1.91. The summed E-state index contributed by atoms with van der Waals surface area (Å²) in [4.78, 5) is 24.4. The van der Waals surface area contributed by atoms with Gasteiger partial charge in [0.2, 0.25) is 5.95 Å². The Morgan fingerprint density at radius 1 is 1.18 bits per heavy atom. The van der Waals surface area contributed by atoms with Crippen LogP contribution in [0.4, 0.5) is 11.6 Å². The first-order chi connectivity index (χ1) is 13.5. The van der Waals surface area contributed by atoms with E-state index < -0.39 is 5.97 Å². The number of anilines is 2. The van der Waals surface area contributed by atoms with Crippen LogP contribution < -0.4 is 5.32 Å². The van der Waals surface area contributed by atoms with Crippen molar-refractivity contribution in [2.24, 2.45) is 0 Å². The number of aromatic nitrogens is 4. The Hall–Kier alpha value is -4.18. The summed E-state index contributed by atoms with van der Waals surface area (Å²) < 4.78 is 1.93. The van der Waals surface area contributed by atoms with E-state index in [9.17, 15) is 4.79 Å². The van der Waals surface area contributed by atoms with Crippen molar-refractivity contribution >= 4 is 23.3 Å². The maximum Gasteiger partial charge on any atom is 0.335 e. The fourth-order valence-electron chi connectivity index (χ4n) is 2.94. The third-order valence-electron chi connectivity index (χ3n) is 4.25. The van der Waals surface area contributed by atoms with Crippen LogP contribution in [0.25, 0.3) is 17.0 Å². The lowest BCUT2D eigenvalue weighted by Crippen LogP contribution is -2.00. The highest BCUT2D eigenvalue weighted by Crippen LogP contribution is 2.25. The number of imidazole rings is 1. The fraction of sp³-hybridized carbons (Fsp3) is 0.0476. The van der Waals surface area contributed by atoms with E-state index in [0.29, 0.717) is 17.3 Å². The van der Waals surface area contributed by atoms with Gasteiger partial charge in [0.1, 0.15) is 5.65 Å². The molecular formula is C21H15N5O2. The first-order valence-electron chi connectivity index (χ1n) is 8.44. The van der Waals surface area contributed by atoms with Crippen LogP contribution in [0, 0.1) is 19.3 Å². The molecule has 2 N–H and O–H groups in total. The minimum absolute atomic E-state index is 0.216. The molecular weight excluding hydrogens is 354 g/mol. The first kappa shape index (κ1) is 17.2. The van der Waals surface area contributed by atoms with Crippen LogP contribution >= 0.6 is 0 Å². The Morgan fingerprint density at radius 2 is 1.96 bits per heavy atom. The molecule has 0 spiro atoms. The SMILES string of the molecule is C#Cc1ccn2c(-c3ccnc(Nc4ccc(C(=O)O)cc4)n3)c(C)nc2c1. The number of carboxylic acids is 1. The number of benzene rings is 1. The highest BCUT2D eigenvalue weighted by molar-refractivity contribution is 5.88. The van der Waals surface area contributed by atoms with Crippen molar-refractivity contribution in [3.05, 3.63) is 71.7 Å². The molecule has 7 heteroatoms. The third-order valence-corrected chi connectivity index (χ3v) is 4.25. The van der Waals surface area contributed by atoms with Gasteiger partial charge >= 0.3 is 5.97 Å². The maximum absolute atomic E-state index is 11.0. The van der Waals surface area contributed by atoms with E-state index in [1.54, 1.807) is 18.3 Å². The fourth-order valence-corrected chi connectivity index (χ4v) is 2.94. The number of terminal acetylenes is 1. The van der Waals surface area contributed by atoms with Gasteiger partial charge in [-0.15, -0.1) is 6.42 Å². The lowest BCUT2D eigenvalue weighted by atomic mass is 10.2. The molecule has 0 aliphatic carbocycles. The van der Waals surface area contributed by atoms with E-state index in [-0.39, 0.29) is 5.56 Å². The van der Waals surface area contributed by atoms with Crippen molar-refractivity contribution in [1.29, 1.82) is 0 Å². The normalized spacial score (nSPS) is 10.6. The lowest BCUT2D eigenvalue weighted by Gasteiger charge is -2.08. The molecule has 28 heavy (non-hydrogen) atoms. The zero-order chi connectivity index (χ0) is 19.7. The van der Waals surface area contributed by atoms with Gasteiger partial charge in [0.25, 0.3) is 0 Å². The zero-order valence-corrected chi connectivity index (χ0v) is 14.9. The van der Waals surface area contributed by atoms with Gasteiger partial charge in [0, 0.05) is 23.6 Å². The van der Waals surface area contributed by atoms with Gasteiger partial charge in [0.05, 0.1) is 22.6 Å². The van der Waals surface area contributed by atoms with Crippen LogP contribution in [0.15, 0.2) is 54.9 Å². The van der Waals surface area contributed by atoms with Gasteiger partial charge in [-0.25, -0.2) is 19.7 Å². The van der Waals surface area contributed by atoms with Gasteiger partial charge in [-0.1, -0.05) is 5.92 Å². The monoisotopic (exact) mass is 369 g/mol. The number of carbonyl (C=O) groups is 1. The Balaban J connectivity index is 1.69. The van der Waals surface area contributed by atoms with Gasteiger partial charge in [-0.2, -0.15) is 0 Å². The van der Waals surface area contributed by atoms with Crippen LogP contribution in [-0.4, -0.2) is 30.4 Å². The number of hydrogen-bond acceptors (Lipinski definition) is 5. The Bertz CT molecular complexity index is 1240. The molecule has 1 aromatic carbocycles. The Kier molecular flexibility index (Phi) is 4.22. The molecule has 3 heterocycles. The minimum atomic E-state index is -0.971. The Labute approximate surface area is 160 Å². The highest BCUT2D eigenvalue weighted by atomic mass is 16.4. The van der Waals surface area contributed by atoms with Crippen LogP contribution in [0.2, 0.25) is 0 Å². The van der Waals surface area contributed by atoms with Crippen LogP contribution in [0.3, 0.4) is 0 Å². The molecule has 136 valence electrons. The number of aryl methyl sites for hydroxylation is 1. The Morgan fingerprint density at radius 3 is 2.68 bits per heavy atom. The number of pyridine rings is 1. The molecule has 0 atom stereocenters. The molecule has 7 nitrogen and oxygen atoms in total. The molecule has 3 aromatic heterocycles. The molecule has 0 fully saturated rings. The predicted octanol–water partition coefficient (Wildman–Crippen LogP) is 3.52. The lowest BCUT2D eigenvalue weighted by molar-refractivity contribution is 0.0697. The van der Waals surface area contributed by atoms with E-state index in [1.165, 1.54) is 12.1 Å². The number of aromatic carboxylic acids is 1. The predicted molar refractivity (Wildman–Crippen MR) is 106 cm³/mol. The number of hydrogen-bond donors (Lipinski definition) is 2. The van der Waals surface area contributed by atoms with Crippen molar-refractivity contribution < 1.29 is 9.90 Å². The highest BCUT2D eigenvalue weighted by Gasteiger charge is 2.13. The average Bonchev–Trinajstić information content (AvgIpc) is 3.03. The molecule has 0 bridgehead atoms. The maximum atomic E-state index is 11.0. The summed E-state index contributed by atoms with van der Waals surface area (Å²) >= 11 is 0. The molecule has 0 aliphatic rings. The molecule has 0 saturated heterocycles.